The van der Waals surface area contributed by atoms with Crippen LogP contribution in [0.2, 0.25) is 0 Å². The first-order valence-electron chi connectivity index (χ1n) is 17.5. The first-order valence-corrected chi connectivity index (χ1v) is 17.5. The molecule has 0 spiro atoms. The predicted molar refractivity (Wildman–Crippen MR) is 184 cm³/mol. The molecule has 0 aromatic heterocycles. The lowest BCUT2D eigenvalue weighted by Gasteiger charge is -2.53. The zero-order valence-corrected chi connectivity index (χ0v) is 28.6. The van der Waals surface area contributed by atoms with Gasteiger partial charge in [0.05, 0.1) is 26.2 Å². The molecule has 2 unspecified atom stereocenters. The smallest absolute Gasteiger partial charge is 0.283 e. The van der Waals surface area contributed by atoms with Crippen LogP contribution in [0.25, 0.3) is 0 Å². The van der Waals surface area contributed by atoms with Crippen molar-refractivity contribution in [1.82, 2.24) is 0 Å². The van der Waals surface area contributed by atoms with Gasteiger partial charge >= 0.3 is 0 Å². The minimum atomic E-state index is -0.698. The van der Waals surface area contributed by atoms with Crippen LogP contribution in [0.1, 0.15) is 106 Å². The van der Waals surface area contributed by atoms with Crippen LogP contribution in [0.15, 0.2) is 24.3 Å². The third-order valence-corrected chi connectivity index (χ3v) is 10.3. The molecule has 2 aromatic carbocycles. The molecular weight excluding hydrogens is 564 g/mol. The van der Waals surface area contributed by atoms with E-state index in [1.165, 1.54) is 11.1 Å². The molecule has 2 aliphatic rings. The molecule has 2 aliphatic heterocycles. The first-order chi connectivity index (χ1) is 21.5. The SMILES string of the molecule is CCc1cc(C)cc(CC)c1NC(=O)C1CCCC[N@@+]1([O-])CCC[N@+]1([O-])CCCCC1C(=O)Nc1c(CC)cc(C)cc1CC. The molecule has 8 heteroatoms. The fourth-order valence-electron chi connectivity index (χ4n) is 7.78. The summed E-state index contributed by atoms with van der Waals surface area (Å²) < 4.78 is -1.19. The van der Waals surface area contributed by atoms with Crippen molar-refractivity contribution in [3.63, 3.8) is 0 Å². The summed E-state index contributed by atoms with van der Waals surface area (Å²) in [7, 11) is 0. The molecule has 2 N–H and O–H groups in total. The van der Waals surface area contributed by atoms with E-state index in [0.717, 1.165) is 85.0 Å². The Kier molecular flexibility index (Phi) is 11.9. The second-order valence-electron chi connectivity index (χ2n) is 13.5. The topological polar surface area (TPSA) is 104 Å². The van der Waals surface area contributed by atoms with Crippen molar-refractivity contribution in [2.45, 2.75) is 124 Å². The summed E-state index contributed by atoms with van der Waals surface area (Å²) in [5.74, 6) is -0.425. The fraction of sp³-hybridized carbons (Fsp3) is 0.622. The average Bonchev–Trinajstić information content (AvgIpc) is 3.02. The Morgan fingerprint density at radius 2 is 0.978 bits per heavy atom. The maximum absolute atomic E-state index is 14.3. The zero-order chi connectivity index (χ0) is 32.8. The number of aryl methyl sites for hydroxylation is 6. The molecule has 0 bridgehead atoms. The molecule has 4 atom stereocenters. The van der Waals surface area contributed by atoms with Gasteiger partial charge in [0.25, 0.3) is 11.8 Å². The van der Waals surface area contributed by atoms with Crippen molar-refractivity contribution in [2.24, 2.45) is 0 Å². The largest absolute Gasteiger partial charge is 0.632 e. The van der Waals surface area contributed by atoms with E-state index < -0.39 is 21.4 Å². The third-order valence-electron chi connectivity index (χ3n) is 10.3. The van der Waals surface area contributed by atoms with Crippen LogP contribution in [0.5, 0.6) is 0 Å². The molecule has 0 saturated carbocycles. The monoisotopic (exact) mass is 620 g/mol. The van der Waals surface area contributed by atoms with E-state index in [0.29, 0.717) is 32.4 Å². The number of likely N-dealkylation sites (tertiary alicyclic amines) is 2. The van der Waals surface area contributed by atoms with E-state index in [1.807, 2.05) is 0 Å². The van der Waals surface area contributed by atoms with Gasteiger partial charge in [-0.05, 0) is 87.5 Å². The van der Waals surface area contributed by atoms with Crippen LogP contribution in [0.3, 0.4) is 0 Å². The number of piperidine rings is 2. The van der Waals surface area contributed by atoms with Crippen LogP contribution in [-0.2, 0) is 35.3 Å². The standard InChI is InChI=1S/C37H56N4O4/c1-7-28-22-26(5)23-29(8-2)34(28)38-36(42)32-16-11-13-18-40(32,44)20-15-21-41(45)19-14-12-17-33(41)37(43)39-35-30(9-3)24-27(6)25-31(35)10-4/h22-25,32-33H,7-21H2,1-6H3,(H,38,42)(H,39,43)/t32?,33?,40-,41-/m1/s1. The van der Waals surface area contributed by atoms with Gasteiger partial charge in [-0.25, -0.2) is 0 Å². The highest BCUT2D eigenvalue weighted by Crippen LogP contribution is 2.32. The summed E-state index contributed by atoms with van der Waals surface area (Å²) in [6.07, 6.45) is 7.91. The second kappa shape index (κ2) is 15.2. The Labute approximate surface area is 270 Å². The summed E-state index contributed by atoms with van der Waals surface area (Å²) in [6.45, 7) is 13.6. The summed E-state index contributed by atoms with van der Waals surface area (Å²) in [6, 6.07) is 7.06. The quantitative estimate of drug-likeness (QED) is 0.193. The number of hydrogen-bond donors (Lipinski definition) is 2. The lowest BCUT2D eigenvalue weighted by molar-refractivity contribution is -0.919. The van der Waals surface area contributed by atoms with E-state index in [2.05, 4.69) is 76.4 Å². The number of carbonyl (C=O) groups excluding carboxylic acids is 2. The van der Waals surface area contributed by atoms with Gasteiger partial charge in [-0.15, -0.1) is 0 Å². The maximum atomic E-state index is 14.3. The van der Waals surface area contributed by atoms with Crippen molar-refractivity contribution < 1.29 is 18.9 Å². The van der Waals surface area contributed by atoms with Gasteiger partial charge < -0.3 is 30.3 Å². The summed E-state index contributed by atoms with van der Waals surface area (Å²) in [5, 5.41) is 35.0. The molecular formula is C37H56N4O4. The Balaban J connectivity index is 1.47. The maximum Gasteiger partial charge on any atom is 0.283 e. The Morgan fingerprint density at radius 1 is 0.644 bits per heavy atom. The van der Waals surface area contributed by atoms with Crippen molar-refractivity contribution in [3.05, 3.63) is 68.1 Å². The molecule has 45 heavy (non-hydrogen) atoms. The van der Waals surface area contributed by atoms with Gasteiger partial charge in [0.15, 0.2) is 12.1 Å². The molecule has 0 radical (unpaired) electrons. The second-order valence-corrected chi connectivity index (χ2v) is 13.5. The molecule has 2 aromatic rings. The molecule has 2 heterocycles. The normalized spacial score (nSPS) is 25.2. The lowest BCUT2D eigenvalue weighted by atomic mass is 9.96. The van der Waals surface area contributed by atoms with E-state index >= 15 is 0 Å². The molecule has 248 valence electrons. The molecule has 2 amide bonds. The summed E-state index contributed by atoms with van der Waals surface area (Å²) >= 11 is 0. The number of nitrogens with one attached hydrogen (secondary N) is 2. The number of hydrogen-bond acceptors (Lipinski definition) is 4. The minimum Gasteiger partial charge on any atom is -0.632 e. The van der Waals surface area contributed by atoms with E-state index in [-0.39, 0.29) is 24.9 Å². The number of anilines is 2. The lowest BCUT2D eigenvalue weighted by Crippen LogP contribution is -2.61. The van der Waals surface area contributed by atoms with Gasteiger partial charge in [-0.1, -0.05) is 63.1 Å². The van der Waals surface area contributed by atoms with Crippen molar-refractivity contribution in [3.8, 4) is 0 Å². The fourth-order valence-corrected chi connectivity index (χ4v) is 7.78. The van der Waals surface area contributed by atoms with E-state index in [9.17, 15) is 20.0 Å². The zero-order valence-electron chi connectivity index (χ0n) is 28.6. The number of rotatable bonds is 12. The number of benzene rings is 2. The average molecular weight is 621 g/mol. The van der Waals surface area contributed by atoms with E-state index in [1.54, 1.807) is 0 Å². The van der Waals surface area contributed by atoms with Gasteiger partial charge in [-0.2, -0.15) is 0 Å². The van der Waals surface area contributed by atoms with Crippen molar-refractivity contribution >= 4 is 23.2 Å². The summed E-state index contributed by atoms with van der Waals surface area (Å²) in [5.41, 5.74) is 8.41. The summed E-state index contributed by atoms with van der Waals surface area (Å²) in [4.78, 5) is 27.5. The highest BCUT2D eigenvalue weighted by molar-refractivity contribution is 5.96. The highest BCUT2D eigenvalue weighted by Gasteiger charge is 2.41. The van der Waals surface area contributed by atoms with Gasteiger partial charge in [0, 0.05) is 30.6 Å². The van der Waals surface area contributed by atoms with Crippen LogP contribution in [0.4, 0.5) is 11.4 Å². The number of nitrogens with zero attached hydrogens (tertiary/aromatic N) is 2. The molecule has 4 rings (SSSR count). The molecule has 2 fully saturated rings. The van der Waals surface area contributed by atoms with Crippen LogP contribution >= 0.6 is 0 Å². The molecule has 0 aliphatic carbocycles. The highest BCUT2D eigenvalue weighted by atomic mass is 16.6. The Morgan fingerprint density at radius 3 is 1.29 bits per heavy atom. The van der Waals surface area contributed by atoms with Gasteiger partial charge in [0.1, 0.15) is 0 Å². The first kappa shape index (κ1) is 35.1. The Hall–Kier alpha value is -2.78. The number of hydroxylamine groups is 6. The molecule has 2 saturated heterocycles. The predicted octanol–water partition coefficient (Wildman–Crippen LogP) is 7.25. The third kappa shape index (κ3) is 7.97. The van der Waals surface area contributed by atoms with Gasteiger partial charge in [-0.3, -0.25) is 9.59 Å². The van der Waals surface area contributed by atoms with Crippen LogP contribution in [-0.4, -0.2) is 59.4 Å². The van der Waals surface area contributed by atoms with Gasteiger partial charge in [0.2, 0.25) is 0 Å². The minimum absolute atomic E-state index is 0.210. The number of amides is 2. The van der Waals surface area contributed by atoms with Crippen LogP contribution in [0, 0.1) is 24.3 Å². The number of quaternary nitrogens is 2. The molecule has 8 nitrogen and oxygen atoms in total. The number of carbonyl (C=O) groups is 2. The van der Waals surface area contributed by atoms with Crippen molar-refractivity contribution in [2.75, 3.05) is 36.8 Å². The Bertz CT molecular complexity index is 1210. The van der Waals surface area contributed by atoms with Crippen LogP contribution < -0.4 is 10.6 Å². The van der Waals surface area contributed by atoms with Crippen molar-refractivity contribution in [1.29, 1.82) is 0 Å². The van der Waals surface area contributed by atoms with E-state index in [4.69, 9.17) is 0 Å².